The number of methoxy groups -OCH3 is 1. The normalized spacial score (nSPS) is 10.5. The minimum Gasteiger partial charge on any atom is -0.465 e. The Balaban J connectivity index is 2.11. The third-order valence-corrected chi connectivity index (χ3v) is 3.21. The van der Waals surface area contributed by atoms with Gasteiger partial charge in [0.15, 0.2) is 0 Å². The molecule has 0 fully saturated rings. The number of esters is 1. The molecule has 0 saturated carbocycles. The van der Waals surface area contributed by atoms with Crippen molar-refractivity contribution in [1.29, 1.82) is 0 Å². The fraction of sp³-hybridized carbons (Fsp3) is 0.286. The highest BCUT2D eigenvalue weighted by molar-refractivity contribution is 6.30. The number of H-pyrrole nitrogens is 1. The fourth-order valence-electron chi connectivity index (χ4n) is 1.94. The molecule has 0 spiro atoms. The first-order valence-electron chi connectivity index (χ1n) is 6.19. The van der Waals surface area contributed by atoms with Gasteiger partial charge in [-0.3, -0.25) is 4.79 Å². The molecule has 7 heteroatoms. The summed E-state index contributed by atoms with van der Waals surface area (Å²) < 4.78 is 10.1. The van der Waals surface area contributed by atoms with E-state index in [1.54, 1.807) is 26.1 Å². The van der Waals surface area contributed by atoms with Crippen molar-refractivity contribution in [3.05, 3.63) is 46.1 Å². The quantitative estimate of drug-likeness (QED) is 0.881. The van der Waals surface area contributed by atoms with Gasteiger partial charge in [0, 0.05) is 13.2 Å². The highest BCUT2D eigenvalue weighted by atomic mass is 35.5. The van der Waals surface area contributed by atoms with Crippen LogP contribution in [0.2, 0.25) is 5.02 Å². The first-order chi connectivity index (χ1) is 9.92. The molecule has 0 radical (unpaired) electrons. The van der Waals surface area contributed by atoms with E-state index in [9.17, 15) is 9.59 Å². The molecular formula is C14H15ClN2O4. The van der Waals surface area contributed by atoms with E-state index in [-0.39, 0.29) is 12.5 Å². The maximum absolute atomic E-state index is 12.1. The first-order valence-corrected chi connectivity index (χ1v) is 6.57. The molecule has 0 bridgehead atoms. The van der Waals surface area contributed by atoms with E-state index in [1.807, 2.05) is 0 Å². The van der Waals surface area contributed by atoms with Crippen LogP contribution in [0.15, 0.2) is 22.7 Å². The Morgan fingerprint density at radius 1 is 1.43 bits per heavy atom. The maximum atomic E-state index is 12.1. The number of carbonyl (C=O) groups excluding carboxylic acids is 2. The summed E-state index contributed by atoms with van der Waals surface area (Å²) in [6.07, 6.45) is 1.54. The molecule has 0 aliphatic carbocycles. The van der Waals surface area contributed by atoms with Crippen LogP contribution in [0.25, 0.3) is 0 Å². The van der Waals surface area contributed by atoms with Crippen molar-refractivity contribution in [2.24, 2.45) is 0 Å². The number of aromatic amines is 1. The zero-order valence-electron chi connectivity index (χ0n) is 11.9. The lowest BCUT2D eigenvalue weighted by Crippen LogP contribution is -2.26. The Morgan fingerprint density at radius 2 is 2.14 bits per heavy atom. The van der Waals surface area contributed by atoms with Gasteiger partial charge in [0.1, 0.15) is 22.8 Å². The number of rotatable bonds is 4. The summed E-state index contributed by atoms with van der Waals surface area (Å²) in [6.45, 7) is 1.90. The summed E-state index contributed by atoms with van der Waals surface area (Å²) in [5.41, 5.74) is 0.746. The van der Waals surface area contributed by atoms with Gasteiger partial charge in [0.05, 0.1) is 18.7 Å². The summed E-state index contributed by atoms with van der Waals surface area (Å²) in [7, 11) is 2.94. The summed E-state index contributed by atoms with van der Waals surface area (Å²) >= 11 is 5.77. The molecule has 0 aliphatic rings. The topological polar surface area (TPSA) is 75.5 Å². The SMILES string of the molecule is COC(=O)c1cc(CN(C)C(=O)c2cc(Cl)c[nH]2)oc1C. The van der Waals surface area contributed by atoms with Gasteiger partial charge < -0.3 is 19.0 Å². The number of nitrogens with one attached hydrogen (secondary N) is 1. The van der Waals surface area contributed by atoms with Crippen LogP contribution in [-0.2, 0) is 11.3 Å². The lowest BCUT2D eigenvalue weighted by molar-refractivity contribution is 0.0598. The van der Waals surface area contributed by atoms with Crippen molar-refractivity contribution in [3.8, 4) is 0 Å². The van der Waals surface area contributed by atoms with Crippen LogP contribution in [0.4, 0.5) is 0 Å². The zero-order valence-corrected chi connectivity index (χ0v) is 12.7. The van der Waals surface area contributed by atoms with Crippen LogP contribution in [0.1, 0.15) is 32.4 Å². The van der Waals surface area contributed by atoms with Gasteiger partial charge >= 0.3 is 5.97 Å². The lowest BCUT2D eigenvalue weighted by atomic mass is 10.2. The second kappa shape index (κ2) is 6.05. The predicted molar refractivity (Wildman–Crippen MR) is 76.4 cm³/mol. The third kappa shape index (κ3) is 3.28. The van der Waals surface area contributed by atoms with Crippen molar-refractivity contribution in [3.63, 3.8) is 0 Å². The number of aromatic nitrogens is 1. The van der Waals surface area contributed by atoms with Gasteiger partial charge in [-0.1, -0.05) is 11.6 Å². The van der Waals surface area contributed by atoms with Crippen LogP contribution < -0.4 is 0 Å². The predicted octanol–water partition coefficient (Wildman–Crippen LogP) is 2.63. The zero-order chi connectivity index (χ0) is 15.6. The fourth-order valence-corrected chi connectivity index (χ4v) is 2.10. The standard InChI is InChI=1S/C14H15ClN2O4/c1-8-11(14(19)20-3)5-10(21-8)7-17(2)13(18)12-4-9(15)6-16-12/h4-6,16H,7H2,1-3H3. The van der Waals surface area contributed by atoms with E-state index in [0.29, 0.717) is 27.8 Å². The van der Waals surface area contributed by atoms with E-state index >= 15 is 0 Å². The van der Waals surface area contributed by atoms with Crippen molar-refractivity contribution in [1.82, 2.24) is 9.88 Å². The number of nitrogens with zero attached hydrogens (tertiary/aromatic N) is 1. The summed E-state index contributed by atoms with van der Waals surface area (Å²) in [5.74, 6) is 0.269. The van der Waals surface area contributed by atoms with Crippen molar-refractivity contribution in [2.45, 2.75) is 13.5 Å². The molecule has 2 aromatic heterocycles. The minimum absolute atomic E-state index is 0.226. The van der Waals surface area contributed by atoms with E-state index in [1.165, 1.54) is 18.2 Å². The highest BCUT2D eigenvalue weighted by Crippen LogP contribution is 2.18. The molecular weight excluding hydrogens is 296 g/mol. The molecule has 21 heavy (non-hydrogen) atoms. The van der Waals surface area contributed by atoms with E-state index in [2.05, 4.69) is 9.72 Å². The van der Waals surface area contributed by atoms with Gasteiger partial charge in [0.25, 0.3) is 5.91 Å². The van der Waals surface area contributed by atoms with E-state index < -0.39 is 5.97 Å². The monoisotopic (exact) mass is 310 g/mol. The molecule has 0 saturated heterocycles. The number of hydrogen-bond acceptors (Lipinski definition) is 4. The number of furan rings is 1. The minimum atomic E-state index is -0.465. The van der Waals surface area contributed by atoms with Crippen LogP contribution in [0.5, 0.6) is 0 Å². The lowest BCUT2D eigenvalue weighted by Gasteiger charge is -2.14. The van der Waals surface area contributed by atoms with Crippen LogP contribution in [-0.4, -0.2) is 35.9 Å². The molecule has 0 aromatic carbocycles. The molecule has 0 atom stereocenters. The largest absolute Gasteiger partial charge is 0.465 e. The molecule has 6 nitrogen and oxygen atoms in total. The molecule has 1 amide bonds. The Hall–Kier alpha value is -2.21. The van der Waals surface area contributed by atoms with E-state index in [0.717, 1.165) is 0 Å². The van der Waals surface area contributed by atoms with Crippen molar-refractivity contribution >= 4 is 23.5 Å². The molecule has 2 heterocycles. The van der Waals surface area contributed by atoms with Crippen molar-refractivity contribution < 1.29 is 18.7 Å². The molecule has 2 rings (SSSR count). The van der Waals surface area contributed by atoms with Crippen LogP contribution >= 0.6 is 11.6 Å². The number of hydrogen-bond donors (Lipinski definition) is 1. The molecule has 2 aromatic rings. The second-order valence-electron chi connectivity index (χ2n) is 4.57. The van der Waals surface area contributed by atoms with Gasteiger partial charge in [-0.25, -0.2) is 4.79 Å². The van der Waals surface area contributed by atoms with Gasteiger partial charge in [0.2, 0.25) is 0 Å². The average Bonchev–Trinajstić information content (AvgIpc) is 3.03. The Bertz CT molecular complexity index is 674. The average molecular weight is 311 g/mol. The number of carbonyl (C=O) groups is 2. The number of aryl methyl sites for hydroxylation is 1. The van der Waals surface area contributed by atoms with Gasteiger partial charge in [-0.2, -0.15) is 0 Å². The highest BCUT2D eigenvalue weighted by Gasteiger charge is 2.19. The molecule has 0 unspecified atom stereocenters. The molecule has 0 aliphatic heterocycles. The first kappa shape index (κ1) is 15.2. The third-order valence-electron chi connectivity index (χ3n) is 2.99. The number of ether oxygens (including phenoxy) is 1. The second-order valence-corrected chi connectivity index (χ2v) is 5.00. The number of amides is 1. The van der Waals surface area contributed by atoms with Crippen LogP contribution in [0, 0.1) is 6.92 Å². The van der Waals surface area contributed by atoms with E-state index in [4.69, 9.17) is 16.0 Å². The molecule has 1 N–H and O–H groups in total. The van der Waals surface area contributed by atoms with Crippen LogP contribution in [0.3, 0.4) is 0 Å². The summed E-state index contributed by atoms with van der Waals surface area (Å²) in [5, 5.41) is 0.466. The Kier molecular flexibility index (Phi) is 4.37. The Morgan fingerprint density at radius 3 is 2.71 bits per heavy atom. The van der Waals surface area contributed by atoms with Crippen molar-refractivity contribution in [2.75, 3.05) is 14.2 Å². The van der Waals surface area contributed by atoms with Gasteiger partial charge in [-0.15, -0.1) is 0 Å². The summed E-state index contributed by atoms with van der Waals surface area (Å²) in [6, 6.07) is 3.13. The Labute approximate surface area is 126 Å². The smallest absolute Gasteiger partial charge is 0.341 e. The maximum Gasteiger partial charge on any atom is 0.341 e. The molecule has 112 valence electrons. The summed E-state index contributed by atoms with van der Waals surface area (Å²) in [4.78, 5) is 27.9. The van der Waals surface area contributed by atoms with Gasteiger partial charge in [-0.05, 0) is 19.1 Å². The number of halogens is 1.